The first-order valence-electron chi connectivity index (χ1n) is 9.58. The van der Waals surface area contributed by atoms with Gasteiger partial charge in [0, 0.05) is 16.8 Å². The summed E-state index contributed by atoms with van der Waals surface area (Å²) in [6.45, 7) is -0.639. The number of esters is 1. The van der Waals surface area contributed by atoms with E-state index >= 15 is 0 Å². The Morgan fingerprint density at radius 1 is 0.750 bits per heavy atom. The van der Waals surface area contributed by atoms with Crippen molar-refractivity contribution >= 4 is 29.4 Å². The van der Waals surface area contributed by atoms with Crippen LogP contribution in [0.2, 0.25) is 0 Å². The Kier molecular flexibility index (Phi) is 7.32. The molecule has 3 rings (SSSR count). The molecule has 2 N–H and O–H groups in total. The zero-order valence-electron chi connectivity index (χ0n) is 17.2. The number of benzene rings is 3. The van der Waals surface area contributed by atoms with Crippen LogP contribution in [0.5, 0.6) is 5.75 Å². The number of amides is 3. The lowest BCUT2D eigenvalue weighted by Gasteiger charge is -2.08. The van der Waals surface area contributed by atoms with Crippen molar-refractivity contribution in [2.75, 3.05) is 19.0 Å². The van der Waals surface area contributed by atoms with Gasteiger partial charge in [-0.1, -0.05) is 42.5 Å². The number of nitrogens with one attached hydrogen (secondary N) is 2. The minimum absolute atomic E-state index is 0.171. The number of imide groups is 1. The van der Waals surface area contributed by atoms with Gasteiger partial charge in [-0.05, 0) is 36.4 Å². The van der Waals surface area contributed by atoms with Gasteiger partial charge < -0.3 is 14.8 Å². The summed E-state index contributed by atoms with van der Waals surface area (Å²) in [7, 11) is 1.52. The van der Waals surface area contributed by atoms with E-state index in [4.69, 9.17) is 9.47 Å². The zero-order chi connectivity index (χ0) is 22.9. The first kappa shape index (κ1) is 22.2. The van der Waals surface area contributed by atoms with Crippen LogP contribution >= 0.6 is 0 Å². The van der Waals surface area contributed by atoms with Crippen molar-refractivity contribution in [3.8, 4) is 5.75 Å². The Bertz CT molecular complexity index is 1110. The average molecular weight is 432 g/mol. The Labute approximate surface area is 184 Å². The molecule has 0 aliphatic rings. The minimum Gasteiger partial charge on any atom is -0.497 e. The monoisotopic (exact) mass is 432 g/mol. The van der Waals surface area contributed by atoms with E-state index in [2.05, 4.69) is 10.6 Å². The molecule has 0 aliphatic heterocycles. The lowest BCUT2D eigenvalue weighted by atomic mass is 10.0. The van der Waals surface area contributed by atoms with Gasteiger partial charge in [0.05, 0.1) is 12.7 Å². The van der Waals surface area contributed by atoms with Crippen molar-refractivity contribution in [1.29, 1.82) is 0 Å². The van der Waals surface area contributed by atoms with Crippen LogP contribution in [0.1, 0.15) is 26.3 Å². The summed E-state index contributed by atoms with van der Waals surface area (Å²) in [5.41, 5.74) is 1.58. The molecule has 0 saturated heterocycles. The van der Waals surface area contributed by atoms with Crippen molar-refractivity contribution in [3.63, 3.8) is 0 Å². The lowest BCUT2D eigenvalue weighted by Crippen LogP contribution is -2.37. The summed E-state index contributed by atoms with van der Waals surface area (Å²) in [5, 5.41) is 4.54. The van der Waals surface area contributed by atoms with Crippen LogP contribution in [0.15, 0.2) is 78.9 Å². The second-order valence-electron chi connectivity index (χ2n) is 6.58. The number of hydrogen-bond acceptors (Lipinski definition) is 6. The number of urea groups is 1. The highest BCUT2D eigenvalue weighted by Crippen LogP contribution is 2.15. The fraction of sp³-hybridized carbons (Fsp3) is 0.0833. The topological polar surface area (TPSA) is 111 Å². The first-order valence-corrected chi connectivity index (χ1v) is 9.58. The van der Waals surface area contributed by atoms with Crippen molar-refractivity contribution < 1.29 is 28.7 Å². The fourth-order valence-electron chi connectivity index (χ4n) is 2.73. The number of rotatable bonds is 7. The second-order valence-corrected chi connectivity index (χ2v) is 6.58. The summed E-state index contributed by atoms with van der Waals surface area (Å²) in [5.74, 6) is -1.10. The van der Waals surface area contributed by atoms with Crippen molar-refractivity contribution in [3.05, 3.63) is 95.6 Å². The number of hydrogen-bond donors (Lipinski definition) is 2. The molecule has 3 aromatic carbocycles. The number of methoxy groups -OCH3 is 1. The summed E-state index contributed by atoms with van der Waals surface area (Å²) in [6.07, 6.45) is 0. The number of ether oxygens (including phenoxy) is 2. The van der Waals surface area contributed by atoms with E-state index in [0.717, 1.165) is 0 Å². The summed E-state index contributed by atoms with van der Waals surface area (Å²) in [6, 6.07) is 20.4. The van der Waals surface area contributed by atoms with Crippen LogP contribution in [0.25, 0.3) is 0 Å². The molecule has 0 aliphatic carbocycles. The SMILES string of the molecule is COc1ccc(NC(=O)NC(=O)COC(=O)c2ccc(C(=O)c3ccccc3)cc2)cc1. The van der Waals surface area contributed by atoms with Gasteiger partial charge in [-0.3, -0.25) is 14.9 Å². The third-order valence-electron chi connectivity index (χ3n) is 4.35. The highest BCUT2D eigenvalue weighted by molar-refractivity contribution is 6.09. The van der Waals surface area contributed by atoms with E-state index in [1.807, 2.05) is 6.07 Å². The molecule has 3 amide bonds. The maximum atomic E-state index is 12.4. The number of anilines is 1. The lowest BCUT2D eigenvalue weighted by molar-refractivity contribution is -0.123. The molecule has 0 atom stereocenters. The largest absolute Gasteiger partial charge is 0.497 e. The molecule has 0 heterocycles. The van der Waals surface area contributed by atoms with Gasteiger partial charge in [0.25, 0.3) is 5.91 Å². The van der Waals surface area contributed by atoms with Crippen LogP contribution in [-0.2, 0) is 9.53 Å². The number of carbonyl (C=O) groups is 4. The van der Waals surface area contributed by atoms with Gasteiger partial charge in [0.1, 0.15) is 5.75 Å². The highest BCUT2D eigenvalue weighted by Gasteiger charge is 2.14. The van der Waals surface area contributed by atoms with E-state index in [0.29, 0.717) is 22.6 Å². The van der Waals surface area contributed by atoms with Crippen LogP contribution in [0.3, 0.4) is 0 Å². The van der Waals surface area contributed by atoms with E-state index < -0.39 is 24.5 Å². The summed E-state index contributed by atoms with van der Waals surface area (Å²) < 4.78 is 9.94. The quantitative estimate of drug-likeness (QED) is 0.437. The third-order valence-corrected chi connectivity index (χ3v) is 4.35. The normalized spacial score (nSPS) is 10.0. The average Bonchev–Trinajstić information content (AvgIpc) is 2.83. The predicted molar refractivity (Wildman–Crippen MR) is 117 cm³/mol. The smallest absolute Gasteiger partial charge is 0.338 e. The Hall–Kier alpha value is -4.46. The van der Waals surface area contributed by atoms with E-state index in [9.17, 15) is 19.2 Å². The third kappa shape index (κ3) is 6.02. The van der Waals surface area contributed by atoms with Crippen LogP contribution < -0.4 is 15.4 Å². The second kappa shape index (κ2) is 10.5. The maximum absolute atomic E-state index is 12.4. The van der Waals surface area contributed by atoms with Gasteiger partial charge in [-0.15, -0.1) is 0 Å². The Morgan fingerprint density at radius 3 is 1.97 bits per heavy atom. The molecule has 8 heteroatoms. The standard InChI is InChI=1S/C24H20N2O6/c1-31-20-13-11-19(12-14-20)25-24(30)26-21(27)15-32-23(29)18-9-7-17(8-10-18)22(28)16-5-3-2-4-6-16/h2-14H,15H2,1H3,(H2,25,26,27,30). The Balaban J connectivity index is 1.47. The predicted octanol–water partition coefficient (Wildman–Crippen LogP) is 3.43. The molecular weight excluding hydrogens is 412 g/mol. The Morgan fingerprint density at radius 2 is 1.34 bits per heavy atom. The van der Waals surface area contributed by atoms with Crippen LogP contribution in [-0.4, -0.2) is 37.4 Å². The molecule has 32 heavy (non-hydrogen) atoms. The molecule has 0 bridgehead atoms. The summed E-state index contributed by atoms with van der Waals surface area (Å²) >= 11 is 0. The van der Waals surface area contributed by atoms with Crippen molar-refractivity contribution in [1.82, 2.24) is 5.32 Å². The molecule has 3 aromatic rings. The minimum atomic E-state index is -0.791. The molecule has 0 radical (unpaired) electrons. The highest BCUT2D eigenvalue weighted by atomic mass is 16.5. The fourth-order valence-corrected chi connectivity index (χ4v) is 2.73. The first-order chi connectivity index (χ1) is 15.5. The van der Waals surface area contributed by atoms with Gasteiger partial charge in [-0.2, -0.15) is 0 Å². The van der Waals surface area contributed by atoms with E-state index in [-0.39, 0.29) is 11.3 Å². The van der Waals surface area contributed by atoms with Crippen molar-refractivity contribution in [2.24, 2.45) is 0 Å². The van der Waals surface area contributed by atoms with Gasteiger partial charge >= 0.3 is 12.0 Å². The maximum Gasteiger partial charge on any atom is 0.338 e. The zero-order valence-corrected chi connectivity index (χ0v) is 17.2. The molecule has 0 saturated carbocycles. The number of ketones is 1. The molecule has 0 unspecified atom stereocenters. The van der Waals surface area contributed by atoms with Crippen LogP contribution in [0, 0.1) is 0 Å². The molecule has 0 aromatic heterocycles. The van der Waals surface area contributed by atoms with Gasteiger partial charge in [-0.25, -0.2) is 9.59 Å². The van der Waals surface area contributed by atoms with Crippen LogP contribution in [0.4, 0.5) is 10.5 Å². The molecule has 0 fully saturated rings. The van der Waals surface area contributed by atoms with Gasteiger partial charge in [0.15, 0.2) is 12.4 Å². The van der Waals surface area contributed by atoms with E-state index in [1.165, 1.54) is 31.4 Å². The molecule has 8 nitrogen and oxygen atoms in total. The molecular formula is C24H20N2O6. The molecule has 0 spiro atoms. The van der Waals surface area contributed by atoms with Gasteiger partial charge in [0.2, 0.25) is 0 Å². The number of carbonyl (C=O) groups excluding carboxylic acids is 4. The molecule has 162 valence electrons. The van der Waals surface area contributed by atoms with E-state index in [1.54, 1.807) is 48.5 Å². The van der Waals surface area contributed by atoms with Crippen molar-refractivity contribution in [2.45, 2.75) is 0 Å². The summed E-state index contributed by atoms with van der Waals surface area (Å²) in [4.78, 5) is 48.3.